The molecule has 1 saturated heterocycles. The quantitative estimate of drug-likeness (QED) is 0.823. The lowest BCUT2D eigenvalue weighted by Gasteiger charge is -2.25. The van der Waals surface area contributed by atoms with Crippen LogP contribution in [0.15, 0.2) is 24.3 Å². The number of carboxylic acids is 1. The molecule has 1 atom stereocenters. The first-order valence-corrected chi connectivity index (χ1v) is 6.08. The minimum atomic E-state index is -1.34. The number of amides is 2. The molecule has 0 saturated carbocycles. The molecular formula is C14H15NO5. The van der Waals surface area contributed by atoms with Gasteiger partial charge in [0.25, 0.3) is 0 Å². The Labute approximate surface area is 115 Å². The van der Waals surface area contributed by atoms with Gasteiger partial charge in [-0.25, -0.2) is 0 Å². The molecule has 2 rings (SSSR count). The highest BCUT2D eigenvalue weighted by molar-refractivity contribution is 6.10. The number of carbonyl (C=O) groups excluding carboxylic acids is 2. The molecule has 6 heteroatoms. The first kappa shape index (κ1) is 14.0. The van der Waals surface area contributed by atoms with E-state index < -0.39 is 23.7 Å². The summed E-state index contributed by atoms with van der Waals surface area (Å²) in [4.78, 5) is 36.3. The fourth-order valence-corrected chi connectivity index (χ4v) is 2.53. The van der Waals surface area contributed by atoms with Gasteiger partial charge in [0.1, 0.15) is 5.75 Å². The van der Waals surface area contributed by atoms with Crippen LogP contribution >= 0.6 is 0 Å². The Morgan fingerprint density at radius 3 is 2.65 bits per heavy atom. The monoisotopic (exact) mass is 277 g/mol. The van der Waals surface area contributed by atoms with E-state index in [-0.39, 0.29) is 12.3 Å². The molecular weight excluding hydrogens is 262 g/mol. The van der Waals surface area contributed by atoms with Gasteiger partial charge in [-0.3, -0.25) is 19.3 Å². The summed E-state index contributed by atoms with van der Waals surface area (Å²) < 4.78 is 5.10. The van der Waals surface area contributed by atoms with Crippen molar-refractivity contribution in [1.82, 2.24) is 4.90 Å². The van der Waals surface area contributed by atoms with Gasteiger partial charge in [0.15, 0.2) is 0 Å². The lowest BCUT2D eigenvalue weighted by Crippen LogP contribution is -2.38. The molecule has 20 heavy (non-hydrogen) atoms. The number of hydrogen-bond acceptors (Lipinski definition) is 4. The maximum absolute atomic E-state index is 12.4. The predicted molar refractivity (Wildman–Crippen MR) is 69.3 cm³/mol. The van der Waals surface area contributed by atoms with Gasteiger partial charge in [-0.05, 0) is 17.7 Å². The molecule has 2 amide bonds. The van der Waals surface area contributed by atoms with Crippen LogP contribution in [0, 0.1) is 0 Å². The van der Waals surface area contributed by atoms with Crippen molar-refractivity contribution in [2.24, 2.45) is 0 Å². The summed E-state index contributed by atoms with van der Waals surface area (Å²) in [6.45, 7) is 0. The molecule has 0 radical (unpaired) electrons. The third-order valence-corrected chi connectivity index (χ3v) is 3.62. The van der Waals surface area contributed by atoms with E-state index in [0.717, 1.165) is 4.90 Å². The molecule has 1 fully saturated rings. The topological polar surface area (TPSA) is 83.9 Å². The van der Waals surface area contributed by atoms with Crippen molar-refractivity contribution < 1.29 is 24.2 Å². The van der Waals surface area contributed by atoms with Crippen molar-refractivity contribution in [2.75, 3.05) is 14.2 Å². The summed E-state index contributed by atoms with van der Waals surface area (Å²) in [6, 6.07) is 6.62. The highest BCUT2D eigenvalue weighted by atomic mass is 16.5. The maximum Gasteiger partial charge on any atom is 0.304 e. The standard InChI is InChI=1S/C14H15NO5/c1-15-11(16)7-14(13(15)19,8-12(17)18)9-4-3-5-10(6-9)20-2/h3-6H,7-8H2,1-2H3,(H,17,18)/t14-/m1/s1. The Hall–Kier alpha value is -2.37. The Morgan fingerprint density at radius 1 is 1.45 bits per heavy atom. The van der Waals surface area contributed by atoms with Gasteiger partial charge in [0.05, 0.1) is 18.9 Å². The summed E-state index contributed by atoms with van der Waals surface area (Å²) in [7, 11) is 2.85. The largest absolute Gasteiger partial charge is 0.497 e. The average molecular weight is 277 g/mol. The Kier molecular flexibility index (Phi) is 3.48. The van der Waals surface area contributed by atoms with Crippen LogP contribution in [0.1, 0.15) is 18.4 Å². The first-order valence-electron chi connectivity index (χ1n) is 6.08. The van der Waals surface area contributed by atoms with Crippen molar-refractivity contribution in [1.29, 1.82) is 0 Å². The van der Waals surface area contributed by atoms with Crippen molar-refractivity contribution in [3.8, 4) is 5.75 Å². The number of nitrogens with zero attached hydrogens (tertiary/aromatic N) is 1. The van der Waals surface area contributed by atoms with Crippen LogP contribution in [-0.4, -0.2) is 41.9 Å². The number of rotatable bonds is 4. The van der Waals surface area contributed by atoms with Gasteiger partial charge < -0.3 is 9.84 Å². The molecule has 1 aliphatic heterocycles. The van der Waals surface area contributed by atoms with Gasteiger partial charge in [0, 0.05) is 13.5 Å². The summed E-state index contributed by atoms with van der Waals surface area (Å²) >= 11 is 0. The summed E-state index contributed by atoms with van der Waals surface area (Å²) in [5.74, 6) is -1.47. The zero-order valence-corrected chi connectivity index (χ0v) is 11.3. The third kappa shape index (κ3) is 2.13. The lowest BCUT2D eigenvalue weighted by atomic mass is 9.76. The third-order valence-electron chi connectivity index (χ3n) is 3.62. The van der Waals surface area contributed by atoms with Crippen LogP contribution in [-0.2, 0) is 19.8 Å². The van der Waals surface area contributed by atoms with E-state index in [9.17, 15) is 14.4 Å². The average Bonchev–Trinajstić information content (AvgIpc) is 2.63. The van der Waals surface area contributed by atoms with Gasteiger partial charge in [-0.2, -0.15) is 0 Å². The van der Waals surface area contributed by atoms with Crippen LogP contribution in [0.4, 0.5) is 0 Å². The highest BCUT2D eigenvalue weighted by Crippen LogP contribution is 2.40. The molecule has 6 nitrogen and oxygen atoms in total. The van der Waals surface area contributed by atoms with E-state index in [2.05, 4.69) is 0 Å². The minimum absolute atomic E-state index is 0.137. The first-order chi connectivity index (χ1) is 9.40. The SMILES string of the molecule is COc1cccc([C@]2(CC(=O)O)CC(=O)N(C)C2=O)c1. The fourth-order valence-electron chi connectivity index (χ4n) is 2.53. The molecule has 0 aromatic heterocycles. The van der Waals surface area contributed by atoms with E-state index in [1.165, 1.54) is 14.2 Å². The van der Waals surface area contributed by atoms with Crippen molar-refractivity contribution in [3.05, 3.63) is 29.8 Å². The number of likely N-dealkylation sites (tertiary alicyclic amines) is 1. The van der Waals surface area contributed by atoms with E-state index in [0.29, 0.717) is 11.3 Å². The molecule has 1 aliphatic rings. The molecule has 0 aliphatic carbocycles. The fraction of sp³-hybridized carbons (Fsp3) is 0.357. The van der Waals surface area contributed by atoms with Crippen molar-refractivity contribution in [3.63, 3.8) is 0 Å². The second kappa shape index (κ2) is 4.96. The Bertz CT molecular complexity index is 579. The predicted octanol–water partition coefficient (Wildman–Crippen LogP) is 0.796. The maximum atomic E-state index is 12.4. The molecule has 1 aromatic carbocycles. The Morgan fingerprint density at radius 2 is 2.15 bits per heavy atom. The molecule has 0 spiro atoms. The van der Waals surface area contributed by atoms with E-state index in [1.807, 2.05) is 0 Å². The van der Waals surface area contributed by atoms with Crippen LogP contribution in [0.5, 0.6) is 5.75 Å². The number of ether oxygens (including phenoxy) is 1. The van der Waals surface area contributed by atoms with Crippen molar-refractivity contribution in [2.45, 2.75) is 18.3 Å². The minimum Gasteiger partial charge on any atom is -0.497 e. The molecule has 1 aromatic rings. The zero-order valence-electron chi connectivity index (χ0n) is 11.3. The summed E-state index contributed by atoms with van der Waals surface area (Å²) in [5.41, 5.74) is -0.853. The number of carbonyl (C=O) groups is 3. The van der Waals surface area contributed by atoms with Crippen LogP contribution < -0.4 is 4.74 Å². The number of methoxy groups -OCH3 is 1. The van der Waals surface area contributed by atoms with Crippen molar-refractivity contribution >= 4 is 17.8 Å². The molecule has 106 valence electrons. The molecule has 0 unspecified atom stereocenters. The van der Waals surface area contributed by atoms with Crippen LogP contribution in [0.2, 0.25) is 0 Å². The van der Waals surface area contributed by atoms with Crippen LogP contribution in [0.3, 0.4) is 0 Å². The normalized spacial score (nSPS) is 22.2. The molecule has 0 bridgehead atoms. The van der Waals surface area contributed by atoms with E-state index in [1.54, 1.807) is 24.3 Å². The summed E-state index contributed by atoms with van der Waals surface area (Å²) in [6.07, 6.45) is -0.559. The second-order valence-corrected chi connectivity index (χ2v) is 4.82. The summed E-state index contributed by atoms with van der Waals surface area (Å²) in [5, 5.41) is 9.10. The lowest BCUT2D eigenvalue weighted by molar-refractivity contribution is -0.144. The highest BCUT2D eigenvalue weighted by Gasteiger charge is 2.52. The molecule has 1 N–H and O–H groups in total. The Balaban J connectivity index is 2.55. The van der Waals surface area contributed by atoms with Gasteiger partial charge in [-0.1, -0.05) is 12.1 Å². The van der Waals surface area contributed by atoms with E-state index in [4.69, 9.17) is 9.84 Å². The molecule has 1 heterocycles. The number of carboxylic acid groups (broad SMARTS) is 1. The number of likely N-dealkylation sites (N-methyl/N-ethyl adjacent to an activating group) is 1. The van der Waals surface area contributed by atoms with Gasteiger partial charge in [0.2, 0.25) is 11.8 Å². The smallest absolute Gasteiger partial charge is 0.304 e. The second-order valence-electron chi connectivity index (χ2n) is 4.82. The number of aliphatic carboxylic acids is 1. The van der Waals surface area contributed by atoms with Gasteiger partial charge in [-0.15, -0.1) is 0 Å². The number of imide groups is 1. The number of benzene rings is 1. The van der Waals surface area contributed by atoms with Gasteiger partial charge >= 0.3 is 5.97 Å². The zero-order chi connectivity index (χ0) is 14.9. The number of hydrogen-bond donors (Lipinski definition) is 1. The van der Waals surface area contributed by atoms with E-state index >= 15 is 0 Å². The van der Waals surface area contributed by atoms with Crippen LogP contribution in [0.25, 0.3) is 0 Å².